The number of sulfonamides is 1. The van der Waals surface area contributed by atoms with Crippen molar-refractivity contribution < 1.29 is 8.42 Å². The number of hydrogen-bond acceptors (Lipinski definition) is 2. The first kappa shape index (κ1) is 15.1. The zero-order chi connectivity index (χ0) is 14.9. The summed E-state index contributed by atoms with van der Waals surface area (Å²) in [5.41, 5.74) is 2.68. The number of nitrogens with zero attached hydrogens (tertiary/aromatic N) is 1. The molecule has 0 aliphatic heterocycles. The fourth-order valence-electron chi connectivity index (χ4n) is 1.93. The Morgan fingerprint density at radius 2 is 1.65 bits per heavy atom. The molecule has 0 atom stereocenters. The van der Waals surface area contributed by atoms with Crippen LogP contribution in [-0.2, 0) is 10.0 Å². The molecule has 3 nitrogen and oxygen atoms in total. The molecule has 2 aromatic carbocycles. The van der Waals surface area contributed by atoms with Crippen LogP contribution in [0.15, 0.2) is 51.8 Å². The van der Waals surface area contributed by atoms with Crippen LogP contribution in [0, 0.1) is 13.8 Å². The van der Waals surface area contributed by atoms with Gasteiger partial charge < -0.3 is 0 Å². The highest BCUT2D eigenvalue weighted by molar-refractivity contribution is 9.10. The molecule has 0 N–H and O–H groups in total. The van der Waals surface area contributed by atoms with Crippen molar-refractivity contribution in [3.8, 4) is 0 Å². The highest BCUT2D eigenvalue weighted by Gasteiger charge is 2.23. The van der Waals surface area contributed by atoms with Gasteiger partial charge in [0.25, 0.3) is 10.0 Å². The molecule has 0 amide bonds. The molecule has 0 saturated carbocycles. The van der Waals surface area contributed by atoms with E-state index in [9.17, 15) is 8.42 Å². The van der Waals surface area contributed by atoms with Crippen molar-refractivity contribution in [2.24, 2.45) is 0 Å². The van der Waals surface area contributed by atoms with E-state index in [2.05, 4.69) is 15.9 Å². The van der Waals surface area contributed by atoms with E-state index in [0.29, 0.717) is 10.2 Å². The van der Waals surface area contributed by atoms with Crippen molar-refractivity contribution in [2.75, 3.05) is 11.4 Å². The number of hydrogen-bond donors (Lipinski definition) is 0. The molecule has 2 aromatic rings. The Bertz CT molecular complexity index is 741. The predicted molar refractivity (Wildman–Crippen MR) is 85.6 cm³/mol. The third-order valence-corrected chi connectivity index (χ3v) is 5.85. The van der Waals surface area contributed by atoms with Crippen LogP contribution in [0.5, 0.6) is 0 Å². The quantitative estimate of drug-likeness (QED) is 0.839. The average Bonchev–Trinajstić information content (AvgIpc) is 2.37. The summed E-state index contributed by atoms with van der Waals surface area (Å²) in [5.74, 6) is 0. The van der Waals surface area contributed by atoms with Gasteiger partial charge in [-0.15, -0.1) is 0 Å². The lowest BCUT2D eigenvalue weighted by molar-refractivity contribution is 0.594. The van der Waals surface area contributed by atoms with E-state index in [4.69, 9.17) is 0 Å². The number of benzene rings is 2. The van der Waals surface area contributed by atoms with Crippen LogP contribution < -0.4 is 4.31 Å². The molecule has 0 aliphatic carbocycles. The van der Waals surface area contributed by atoms with E-state index < -0.39 is 10.0 Å². The summed E-state index contributed by atoms with van der Waals surface area (Å²) in [6, 6.07) is 12.6. The molecule has 0 bridgehead atoms. The topological polar surface area (TPSA) is 37.4 Å². The summed E-state index contributed by atoms with van der Waals surface area (Å²) < 4.78 is 27.2. The van der Waals surface area contributed by atoms with Gasteiger partial charge in [-0.2, -0.15) is 0 Å². The van der Waals surface area contributed by atoms with Crippen molar-refractivity contribution in [3.05, 3.63) is 58.1 Å². The first-order valence-electron chi connectivity index (χ1n) is 6.14. The summed E-state index contributed by atoms with van der Waals surface area (Å²) in [6.45, 7) is 3.86. The van der Waals surface area contributed by atoms with E-state index in [1.807, 2.05) is 32.0 Å². The van der Waals surface area contributed by atoms with Gasteiger partial charge in [-0.25, -0.2) is 8.42 Å². The van der Waals surface area contributed by atoms with Gasteiger partial charge in [0, 0.05) is 11.5 Å². The SMILES string of the molecule is Cc1cccc(N(C)S(=O)(=O)c2ccc(C)cc2Br)c1. The molecule has 0 spiro atoms. The zero-order valence-electron chi connectivity index (χ0n) is 11.6. The molecule has 0 aliphatic rings. The summed E-state index contributed by atoms with van der Waals surface area (Å²) in [6.07, 6.45) is 0. The standard InChI is InChI=1S/C15H16BrNO2S/c1-11-5-4-6-13(9-11)17(3)20(18,19)15-8-7-12(2)10-14(15)16/h4-10H,1-3H3. The molecule has 0 aromatic heterocycles. The van der Waals surface area contributed by atoms with Crippen LogP contribution in [0.3, 0.4) is 0 Å². The highest BCUT2D eigenvalue weighted by atomic mass is 79.9. The van der Waals surface area contributed by atoms with Crippen LogP contribution in [0.2, 0.25) is 0 Å². The smallest absolute Gasteiger partial charge is 0.265 e. The minimum Gasteiger partial charge on any atom is -0.269 e. The van der Waals surface area contributed by atoms with Crippen molar-refractivity contribution in [2.45, 2.75) is 18.7 Å². The van der Waals surface area contributed by atoms with Gasteiger partial charge in [0.05, 0.1) is 5.69 Å². The molecular weight excluding hydrogens is 338 g/mol. The third kappa shape index (κ3) is 2.88. The Hall–Kier alpha value is -1.33. The minimum absolute atomic E-state index is 0.270. The lowest BCUT2D eigenvalue weighted by Gasteiger charge is -2.20. The lowest BCUT2D eigenvalue weighted by atomic mass is 10.2. The van der Waals surface area contributed by atoms with E-state index in [1.165, 1.54) is 4.31 Å². The minimum atomic E-state index is -3.57. The second-order valence-electron chi connectivity index (χ2n) is 4.75. The Kier molecular flexibility index (Phi) is 4.20. The van der Waals surface area contributed by atoms with Crippen molar-refractivity contribution in [1.29, 1.82) is 0 Å². The van der Waals surface area contributed by atoms with Crippen LogP contribution in [0.25, 0.3) is 0 Å². The first-order chi connectivity index (χ1) is 9.32. The number of anilines is 1. The Morgan fingerprint density at radius 1 is 1.00 bits per heavy atom. The summed E-state index contributed by atoms with van der Waals surface area (Å²) in [5, 5.41) is 0. The fraction of sp³-hybridized carbons (Fsp3) is 0.200. The Balaban J connectivity index is 2.49. The number of rotatable bonds is 3. The van der Waals surface area contributed by atoms with E-state index in [0.717, 1.165) is 11.1 Å². The molecule has 0 heterocycles. The van der Waals surface area contributed by atoms with E-state index in [1.54, 1.807) is 31.3 Å². The van der Waals surface area contributed by atoms with Gasteiger partial charge in [0.2, 0.25) is 0 Å². The predicted octanol–water partition coefficient (Wildman–Crippen LogP) is 3.89. The van der Waals surface area contributed by atoms with Crippen LogP contribution in [0.4, 0.5) is 5.69 Å². The Labute approximate surface area is 128 Å². The summed E-state index contributed by atoms with van der Waals surface area (Å²) >= 11 is 3.33. The average molecular weight is 354 g/mol. The monoisotopic (exact) mass is 353 g/mol. The largest absolute Gasteiger partial charge is 0.269 e. The number of aryl methyl sites for hydroxylation is 2. The second kappa shape index (κ2) is 5.58. The van der Waals surface area contributed by atoms with E-state index in [-0.39, 0.29) is 4.90 Å². The van der Waals surface area contributed by atoms with Gasteiger partial charge in [-0.3, -0.25) is 4.31 Å². The second-order valence-corrected chi connectivity index (χ2v) is 7.54. The highest BCUT2D eigenvalue weighted by Crippen LogP contribution is 2.28. The maximum atomic E-state index is 12.7. The van der Waals surface area contributed by atoms with Crippen molar-refractivity contribution in [3.63, 3.8) is 0 Å². The molecule has 0 saturated heterocycles. The summed E-state index contributed by atoms with van der Waals surface area (Å²) in [7, 11) is -2.00. The third-order valence-electron chi connectivity index (χ3n) is 3.09. The van der Waals surface area contributed by atoms with Crippen LogP contribution in [0.1, 0.15) is 11.1 Å². The first-order valence-corrected chi connectivity index (χ1v) is 8.37. The van der Waals surface area contributed by atoms with Crippen molar-refractivity contribution >= 4 is 31.6 Å². The Morgan fingerprint density at radius 3 is 2.25 bits per heavy atom. The lowest BCUT2D eigenvalue weighted by Crippen LogP contribution is -2.26. The maximum Gasteiger partial charge on any atom is 0.265 e. The molecule has 5 heteroatoms. The molecule has 2 rings (SSSR count). The molecule has 0 radical (unpaired) electrons. The van der Waals surface area contributed by atoms with Gasteiger partial charge in [-0.1, -0.05) is 18.2 Å². The van der Waals surface area contributed by atoms with E-state index >= 15 is 0 Å². The van der Waals surface area contributed by atoms with Gasteiger partial charge in [-0.05, 0) is 65.2 Å². The van der Waals surface area contributed by atoms with Crippen LogP contribution >= 0.6 is 15.9 Å². The molecule has 0 unspecified atom stereocenters. The van der Waals surface area contributed by atoms with Crippen molar-refractivity contribution in [1.82, 2.24) is 0 Å². The van der Waals surface area contributed by atoms with Gasteiger partial charge >= 0.3 is 0 Å². The maximum absolute atomic E-state index is 12.7. The molecule has 106 valence electrons. The molecule has 0 fully saturated rings. The molecular formula is C15H16BrNO2S. The van der Waals surface area contributed by atoms with Gasteiger partial charge in [0.1, 0.15) is 4.90 Å². The normalized spacial score (nSPS) is 11.4. The van der Waals surface area contributed by atoms with Crippen LogP contribution in [-0.4, -0.2) is 15.5 Å². The zero-order valence-corrected chi connectivity index (χ0v) is 14.0. The van der Waals surface area contributed by atoms with Gasteiger partial charge in [0.15, 0.2) is 0 Å². The summed E-state index contributed by atoms with van der Waals surface area (Å²) in [4.78, 5) is 0.270. The molecule has 20 heavy (non-hydrogen) atoms. The number of halogens is 1. The fourth-order valence-corrected chi connectivity index (χ4v) is 4.26.